The minimum atomic E-state index is -0.227. The maximum atomic E-state index is 13.8. The molecule has 6 aromatic rings. The van der Waals surface area contributed by atoms with Gasteiger partial charge in [0.25, 0.3) is 0 Å². The molecule has 0 aliphatic heterocycles. The van der Waals surface area contributed by atoms with E-state index < -0.39 is 0 Å². The summed E-state index contributed by atoms with van der Waals surface area (Å²) in [7, 11) is 0. The van der Waals surface area contributed by atoms with E-state index in [-0.39, 0.29) is 17.0 Å². The van der Waals surface area contributed by atoms with Crippen LogP contribution in [0.1, 0.15) is 50.3 Å². The lowest BCUT2D eigenvalue weighted by Crippen LogP contribution is -2.24. The van der Waals surface area contributed by atoms with E-state index in [9.17, 15) is 9.18 Å². The molecule has 0 atom stereocenters. The van der Waals surface area contributed by atoms with Crippen LogP contribution in [-0.2, 0) is 11.2 Å². The number of benzene rings is 2. The number of hydrogen-bond acceptors (Lipinski definition) is 5. The van der Waals surface area contributed by atoms with E-state index in [0.29, 0.717) is 11.5 Å². The van der Waals surface area contributed by atoms with E-state index in [4.69, 9.17) is 9.97 Å². The first kappa shape index (κ1) is 26.5. The molecule has 0 bridgehead atoms. The molecule has 212 valence electrons. The fourth-order valence-electron chi connectivity index (χ4n) is 6.04. The van der Waals surface area contributed by atoms with Gasteiger partial charge in [-0.25, -0.2) is 9.97 Å². The molecule has 7 nitrogen and oxygen atoms in total. The van der Waals surface area contributed by atoms with Crippen molar-refractivity contribution in [3.8, 4) is 33.1 Å². The highest BCUT2D eigenvalue weighted by atomic mass is 32.1. The molecule has 0 radical (unpaired) electrons. The number of aromatic nitrogens is 5. The number of carbonyl (C=O) groups excluding carboxylic acids is 1. The Balaban J connectivity index is 1.28. The zero-order chi connectivity index (χ0) is 28.8. The summed E-state index contributed by atoms with van der Waals surface area (Å²) in [5, 5.41) is 11.4. The van der Waals surface area contributed by atoms with Gasteiger partial charge >= 0.3 is 0 Å². The number of amides is 1. The van der Waals surface area contributed by atoms with Crippen molar-refractivity contribution in [2.45, 2.75) is 52.4 Å². The number of thiophene rings is 1. The molecule has 0 unspecified atom stereocenters. The summed E-state index contributed by atoms with van der Waals surface area (Å²) >= 11 is 1.10. The number of carbonyl (C=O) groups is 1. The monoisotopic (exact) mass is 578 g/mol. The Labute approximate surface area is 246 Å². The molecule has 1 amide bonds. The van der Waals surface area contributed by atoms with Crippen LogP contribution in [0.25, 0.3) is 55.2 Å². The minimum Gasteiger partial charge on any atom is -0.337 e. The SMILES string of the molecule is CCc1cc(NC(=O)C2CCCCC2)cc(-c2cc3c(-c4nc5c(-c6ccc(F)s6)cccc5[nH]4)[nH]nc3nc2C)c1. The molecule has 0 spiro atoms. The first-order valence-corrected chi connectivity index (χ1v) is 15.3. The standard InChI is InChI=1S/C33H31FN6OS/c1-3-19-14-21(16-22(15-19)36-33(41)20-8-5-4-6-9-20)24-17-25-30(39-40-31(25)35-18(24)2)32-37-26-11-7-10-23(29(26)38-32)27-12-13-28(34)42-27/h7,10-17,20H,3-6,8-9H2,1-2H3,(H,36,41)(H,37,38)(H,35,39,40). The van der Waals surface area contributed by atoms with Crippen LogP contribution in [-0.4, -0.2) is 31.1 Å². The first-order chi connectivity index (χ1) is 20.5. The van der Waals surface area contributed by atoms with E-state index in [0.717, 1.165) is 104 Å². The van der Waals surface area contributed by atoms with Crippen LogP contribution in [0, 0.1) is 18.0 Å². The fourth-order valence-corrected chi connectivity index (χ4v) is 6.80. The average molecular weight is 579 g/mol. The van der Waals surface area contributed by atoms with Crippen molar-refractivity contribution in [1.29, 1.82) is 0 Å². The number of halogens is 1. The highest BCUT2D eigenvalue weighted by molar-refractivity contribution is 7.14. The molecule has 0 saturated heterocycles. The molecule has 2 aromatic carbocycles. The van der Waals surface area contributed by atoms with Gasteiger partial charge in [0, 0.05) is 33.3 Å². The second-order valence-electron chi connectivity index (χ2n) is 11.1. The Bertz CT molecular complexity index is 1950. The quantitative estimate of drug-likeness (QED) is 0.185. The maximum Gasteiger partial charge on any atom is 0.227 e. The van der Waals surface area contributed by atoms with Gasteiger partial charge in [0.15, 0.2) is 16.6 Å². The van der Waals surface area contributed by atoms with Crippen LogP contribution in [0.4, 0.5) is 10.1 Å². The van der Waals surface area contributed by atoms with Crippen molar-refractivity contribution in [2.75, 3.05) is 5.32 Å². The molecular weight excluding hydrogens is 547 g/mol. The second-order valence-corrected chi connectivity index (χ2v) is 12.1. The van der Waals surface area contributed by atoms with Gasteiger partial charge in [-0.2, -0.15) is 9.49 Å². The number of anilines is 1. The molecule has 1 aliphatic rings. The summed E-state index contributed by atoms with van der Waals surface area (Å²) < 4.78 is 13.8. The number of hydrogen-bond donors (Lipinski definition) is 3. The molecular formula is C33H31FN6OS. The van der Waals surface area contributed by atoms with Crippen molar-refractivity contribution in [3.05, 3.63) is 71.0 Å². The fraction of sp³-hybridized carbons (Fsp3) is 0.273. The lowest BCUT2D eigenvalue weighted by Gasteiger charge is -2.21. The highest BCUT2D eigenvalue weighted by Crippen LogP contribution is 2.36. The third-order valence-corrected chi connectivity index (χ3v) is 9.19. The van der Waals surface area contributed by atoms with Crippen LogP contribution in [0.5, 0.6) is 0 Å². The van der Waals surface area contributed by atoms with E-state index in [1.807, 2.05) is 31.2 Å². The van der Waals surface area contributed by atoms with Gasteiger partial charge < -0.3 is 10.3 Å². The van der Waals surface area contributed by atoms with Crippen LogP contribution in [0.15, 0.2) is 54.6 Å². The zero-order valence-corrected chi connectivity index (χ0v) is 24.4. The highest BCUT2D eigenvalue weighted by Gasteiger charge is 2.22. The summed E-state index contributed by atoms with van der Waals surface area (Å²) in [5.74, 6) is 0.839. The number of H-pyrrole nitrogens is 2. The lowest BCUT2D eigenvalue weighted by molar-refractivity contribution is -0.120. The number of aryl methyl sites for hydroxylation is 2. The third-order valence-electron chi connectivity index (χ3n) is 8.28. The predicted molar refractivity (Wildman–Crippen MR) is 167 cm³/mol. The lowest BCUT2D eigenvalue weighted by atomic mass is 9.88. The van der Waals surface area contributed by atoms with Crippen LogP contribution < -0.4 is 5.32 Å². The molecule has 7 rings (SSSR count). The number of nitrogens with one attached hydrogen (secondary N) is 3. The molecule has 1 saturated carbocycles. The molecule has 1 aliphatic carbocycles. The topological polar surface area (TPSA) is 99.3 Å². The Morgan fingerprint density at radius 1 is 1.05 bits per heavy atom. The van der Waals surface area contributed by atoms with Crippen LogP contribution in [0.3, 0.4) is 0 Å². The molecule has 1 fully saturated rings. The van der Waals surface area contributed by atoms with Gasteiger partial charge in [-0.15, -0.1) is 11.3 Å². The van der Waals surface area contributed by atoms with Crippen molar-refractivity contribution in [3.63, 3.8) is 0 Å². The number of pyridine rings is 1. The largest absolute Gasteiger partial charge is 0.337 e. The van der Waals surface area contributed by atoms with E-state index in [2.05, 4.69) is 45.6 Å². The second kappa shape index (κ2) is 10.8. The molecule has 4 heterocycles. The number of fused-ring (bicyclic) bond motifs is 2. The Hall–Kier alpha value is -4.37. The van der Waals surface area contributed by atoms with Crippen molar-refractivity contribution in [2.24, 2.45) is 5.92 Å². The van der Waals surface area contributed by atoms with Gasteiger partial charge in [0.05, 0.1) is 16.4 Å². The number of rotatable bonds is 6. The summed E-state index contributed by atoms with van der Waals surface area (Å²) in [6.07, 6.45) is 6.23. The number of aromatic amines is 2. The Morgan fingerprint density at radius 3 is 2.69 bits per heavy atom. The summed E-state index contributed by atoms with van der Waals surface area (Å²) in [4.78, 5) is 27.0. The van der Waals surface area contributed by atoms with E-state index in [1.54, 1.807) is 6.07 Å². The Morgan fingerprint density at radius 2 is 1.90 bits per heavy atom. The van der Waals surface area contributed by atoms with Gasteiger partial charge in [-0.3, -0.25) is 9.89 Å². The predicted octanol–water partition coefficient (Wildman–Crippen LogP) is 8.43. The normalized spacial score (nSPS) is 14.2. The third kappa shape index (κ3) is 4.87. The molecule has 42 heavy (non-hydrogen) atoms. The smallest absolute Gasteiger partial charge is 0.227 e. The molecule has 9 heteroatoms. The van der Waals surface area contributed by atoms with Crippen LogP contribution in [0.2, 0.25) is 0 Å². The maximum absolute atomic E-state index is 13.8. The van der Waals surface area contributed by atoms with Gasteiger partial charge in [-0.1, -0.05) is 44.4 Å². The first-order valence-electron chi connectivity index (χ1n) is 14.5. The van der Waals surface area contributed by atoms with Crippen LogP contribution >= 0.6 is 11.3 Å². The zero-order valence-electron chi connectivity index (χ0n) is 23.6. The number of nitrogens with zero attached hydrogens (tertiary/aromatic N) is 3. The summed E-state index contributed by atoms with van der Waals surface area (Å²) in [6.45, 7) is 4.10. The molecule has 3 N–H and O–H groups in total. The minimum absolute atomic E-state index is 0.0869. The summed E-state index contributed by atoms with van der Waals surface area (Å²) in [5.41, 5.74) is 8.63. The van der Waals surface area contributed by atoms with Crippen molar-refractivity contribution in [1.82, 2.24) is 25.1 Å². The van der Waals surface area contributed by atoms with Gasteiger partial charge in [-0.05, 0) is 73.7 Å². The van der Waals surface area contributed by atoms with Gasteiger partial charge in [0.2, 0.25) is 5.91 Å². The number of imidazole rings is 1. The Kier molecular flexibility index (Phi) is 6.82. The summed E-state index contributed by atoms with van der Waals surface area (Å²) in [6, 6.07) is 17.5. The van der Waals surface area contributed by atoms with Crippen molar-refractivity contribution >= 4 is 45.0 Å². The average Bonchev–Trinajstić information content (AvgIpc) is 3.74. The van der Waals surface area contributed by atoms with E-state index in [1.165, 1.54) is 12.5 Å². The molecule has 4 aromatic heterocycles. The van der Waals surface area contributed by atoms with E-state index >= 15 is 0 Å². The van der Waals surface area contributed by atoms with Gasteiger partial charge in [0.1, 0.15) is 5.69 Å². The number of para-hydroxylation sites is 1. The van der Waals surface area contributed by atoms with Crippen molar-refractivity contribution < 1.29 is 9.18 Å².